The van der Waals surface area contributed by atoms with E-state index in [1.54, 1.807) is 0 Å². The standard InChI is InChI=1S/C12H25N3/c1-14-7-3-2-6-11(14)12(10-13)15-8-4-5-9-15/h11-12H,2-10,13H2,1H3. The van der Waals surface area contributed by atoms with Crippen molar-refractivity contribution in [2.75, 3.05) is 33.2 Å². The van der Waals surface area contributed by atoms with Gasteiger partial charge >= 0.3 is 0 Å². The van der Waals surface area contributed by atoms with Crippen molar-refractivity contribution in [2.24, 2.45) is 5.73 Å². The highest BCUT2D eigenvalue weighted by Gasteiger charge is 2.31. The maximum absolute atomic E-state index is 5.98. The maximum Gasteiger partial charge on any atom is 0.0373 e. The van der Waals surface area contributed by atoms with Crippen molar-refractivity contribution >= 4 is 0 Å². The van der Waals surface area contributed by atoms with Crippen LogP contribution in [0, 0.1) is 0 Å². The van der Waals surface area contributed by atoms with Crippen molar-refractivity contribution < 1.29 is 0 Å². The smallest absolute Gasteiger partial charge is 0.0373 e. The minimum atomic E-state index is 0.609. The van der Waals surface area contributed by atoms with Gasteiger partial charge in [0.25, 0.3) is 0 Å². The Morgan fingerprint density at radius 1 is 1.13 bits per heavy atom. The molecule has 0 aromatic rings. The molecule has 0 bridgehead atoms. The van der Waals surface area contributed by atoms with Gasteiger partial charge in [-0.3, -0.25) is 4.90 Å². The zero-order valence-corrected chi connectivity index (χ0v) is 9.99. The highest BCUT2D eigenvalue weighted by molar-refractivity contribution is 4.90. The summed E-state index contributed by atoms with van der Waals surface area (Å²) in [5, 5.41) is 0. The van der Waals surface area contributed by atoms with Crippen LogP contribution in [-0.2, 0) is 0 Å². The molecule has 2 fully saturated rings. The molecule has 0 aromatic carbocycles. The fourth-order valence-electron chi connectivity index (χ4n) is 3.21. The van der Waals surface area contributed by atoms with Crippen LogP contribution in [-0.4, -0.2) is 55.1 Å². The Labute approximate surface area is 93.6 Å². The van der Waals surface area contributed by atoms with E-state index in [2.05, 4.69) is 16.8 Å². The second kappa shape index (κ2) is 5.28. The molecule has 88 valence electrons. The van der Waals surface area contributed by atoms with Gasteiger partial charge in [-0.2, -0.15) is 0 Å². The van der Waals surface area contributed by atoms with E-state index in [0.717, 1.165) is 6.54 Å². The lowest BCUT2D eigenvalue weighted by molar-refractivity contribution is 0.0864. The predicted molar refractivity (Wildman–Crippen MR) is 63.9 cm³/mol. The highest BCUT2D eigenvalue weighted by Crippen LogP contribution is 2.23. The normalized spacial score (nSPS) is 32.0. The van der Waals surface area contributed by atoms with Crippen molar-refractivity contribution in [3.8, 4) is 0 Å². The second-order valence-corrected chi connectivity index (χ2v) is 5.09. The molecule has 2 N–H and O–H groups in total. The fraction of sp³-hybridized carbons (Fsp3) is 1.00. The minimum absolute atomic E-state index is 0.609. The number of piperidine rings is 1. The van der Waals surface area contributed by atoms with Crippen LogP contribution in [0.25, 0.3) is 0 Å². The zero-order valence-electron chi connectivity index (χ0n) is 9.99. The number of nitrogens with zero attached hydrogens (tertiary/aromatic N) is 2. The highest BCUT2D eigenvalue weighted by atomic mass is 15.3. The zero-order chi connectivity index (χ0) is 10.7. The first-order valence-electron chi connectivity index (χ1n) is 6.47. The molecule has 2 saturated heterocycles. The van der Waals surface area contributed by atoms with Gasteiger partial charge in [0.1, 0.15) is 0 Å². The summed E-state index contributed by atoms with van der Waals surface area (Å²) in [7, 11) is 2.27. The van der Waals surface area contributed by atoms with Crippen molar-refractivity contribution in [2.45, 2.75) is 44.2 Å². The topological polar surface area (TPSA) is 32.5 Å². The van der Waals surface area contributed by atoms with Crippen molar-refractivity contribution in [3.63, 3.8) is 0 Å². The van der Waals surface area contributed by atoms with Gasteiger partial charge < -0.3 is 10.6 Å². The quantitative estimate of drug-likeness (QED) is 0.752. The molecule has 0 aromatic heterocycles. The third-order valence-corrected chi connectivity index (χ3v) is 4.12. The van der Waals surface area contributed by atoms with Crippen LogP contribution in [0.1, 0.15) is 32.1 Å². The van der Waals surface area contributed by atoms with Gasteiger partial charge in [-0.1, -0.05) is 6.42 Å². The molecular formula is C12H25N3. The molecule has 2 aliphatic rings. The summed E-state index contributed by atoms with van der Waals surface area (Å²) in [5.74, 6) is 0. The molecule has 0 spiro atoms. The second-order valence-electron chi connectivity index (χ2n) is 5.09. The lowest BCUT2D eigenvalue weighted by atomic mass is 9.95. The number of hydrogen-bond acceptors (Lipinski definition) is 3. The van der Waals surface area contributed by atoms with Crippen LogP contribution < -0.4 is 5.73 Å². The number of hydrogen-bond donors (Lipinski definition) is 1. The van der Waals surface area contributed by atoms with Crippen LogP contribution in [0.2, 0.25) is 0 Å². The van der Waals surface area contributed by atoms with E-state index in [-0.39, 0.29) is 0 Å². The van der Waals surface area contributed by atoms with Gasteiger partial charge in [-0.25, -0.2) is 0 Å². The Morgan fingerprint density at radius 3 is 2.40 bits per heavy atom. The molecule has 0 aliphatic carbocycles. The van der Waals surface area contributed by atoms with Crippen LogP contribution in [0.4, 0.5) is 0 Å². The number of rotatable bonds is 3. The summed E-state index contributed by atoms with van der Waals surface area (Å²) < 4.78 is 0. The molecule has 3 heteroatoms. The molecule has 15 heavy (non-hydrogen) atoms. The molecule has 2 rings (SSSR count). The van der Waals surface area contributed by atoms with Gasteiger partial charge in [-0.05, 0) is 52.4 Å². The Hall–Kier alpha value is -0.120. The predicted octanol–water partition coefficient (Wildman–Crippen LogP) is 0.894. The Balaban J connectivity index is 1.97. The number of likely N-dealkylation sites (tertiary alicyclic amines) is 2. The van der Waals surface area contributed by atoms with E-state index in [1.165, 1.54) is 51.7 Å². The first-order chi connectivity index (χ1) is 7.33. The first-order valence-corrected chi connectivity index (χ1v) is 6.47. The molecule has 2 unspecified atom stereocenters. The molecule has 2 atom stereocenters. The third kappa shape index (κ3) is 2.52. The van der Waals surface area contributed by atoms with Gasteiger partial charge in [0.05, 0.1) is 0 Å². The van der Waals surface area contributed by atoms with Gasteiger partial charge in [-0.15, -0.1) is 0 Å². The minimum Gasteiger partial charge on any atom is -0.329 e. The van der Waals surface area contributed by atoms with E-state index < -0.39 is 0 Å². The van der Waals surface area contributed by atoms with Gasteiger partial charge in [0.15, 0.2) is 0 Å². The summed E-state index contributed by atoms with van der Waals surface area (Å²) >= 11 is 0. The van der Waals surface area contributed by atoms with E-state index in [4.69, 9.17) is 5.73 Å². The summed E-state index contributed by atoms with van der Waals surface area (Å²) in [6.07, 6.45) is 6.83. The lowest BCUT2D eigenvalue weighted by Gasteiger charge is -2.41. The number of nitrogens with two attached hydrogens (primary N) is 1. The third-order valence-electron chi connectivity index (χ3n) is 4.12. The summed E-state index contributed by atoms with van der Waals surface area (Å²) in [5.41, 5.74) is 5.98. The molecule has 2 aliphatic heterocycles. The average Bonchev–Trinajstić information content (AvgIpc) is 2.75. The fourth-order valence-corrected chi connectivity index (χ4v) is 3.21. The van der Waals surface area contributed by atoms with Crippen LogP contribution >= 0.6 is 0 Å². The first kappa shape index (κ1) is 11.4. The van der Waals surface area contributed by atoms with E-state index >= 15 is 0 Å². The molecular weight excluding hydrogens is 186 g/mol. The van der Waals surface area contributed by atoms with Crippen molar-refractivity contribution in [1.82, 2.24) is 9.80 Å². The summed E-state index contributed by atoms with van der Waals surface area (Å²) in [6, 6.07) is 1.32. The maximum atomic E-state index is 5.98. The van der Waals surface area contributed by atoms with Crippen molar-refractivity contribution in [1.29, 1.82) is 0 Å². The van der Waals surface area contributed by atoms with Crippen LogP contribution in [0.15, 0.2) is 0 Å². The molecule has 3 nitrogen and oxygen atoms in total. The molecule has 2 heterocycles. The van der Waals surface area contributed by atoms with Crippen LogP contribution in [0.5, 0.6) is 0 Å². The monoisotopic (exact) mass is 211 g/mol. The lowest BCUT2D eigenvalue weighted by Crippen LogP contribution is -2.54. The van der Waals surface area contributed by atoms with Crippen molar-refractivity contribution in [3.05, 3.63) is 0 Å². The molecule has 0 saturated carbocycles. The Bertz CT molecular complexity index is 189. The van der Waals surface area contributed by atoms with Gasteiger partial charge in [0, 0.05) is 18.6 Å². The Morgan fingerprint density at radius 2 is 1.80 bits per heavy atom. The molecule has 0 amide bonds. The Kier molecular flexibility index (Phi) is 4.00. The van der Waals surface area contributed by atoms with E-state index in [0.29, 0.717) is 12.1 Å². The average molecular weight is 211 g/mol. The van der Waals surface area contributed by atoms with Crippen LogP contribution in [0.3, 0.4) is 0 Å². The van der Waals surface area contributed by atoms with Gasteiger partial charge in [0.2, 0.25) is 0 Å². The number of likely N-dealkylation sites (N-methyl/N-ethyl adjacent to an activating group) is 1. The largest absolute Gasteiger partial charge is 0.329 e. The summed E-state index contributed by atoms with van der Waals surface area (Å²) in [4.78, 5) is 5.14. The SMILES string of the molecule is CN1CCCCC1C(CN)N1CCCC1. The molecule has 0 radical (unpaired) electrons. The summed E-state index contributed by atoms with van der Waals surface area (Å²) in [6.45, 7) is 4.63. The van der Waals surface area contributed by atoms with E-state index in [1.807, 2.05) is 0 Å². The van der Waals surface area contributed by atoms with E-state index in [9.17, 15) is 0 Å².